The van der Waals surface area contributed by atoms with Gasteiger partial charge in [-0.1, -0.05) is 6.92 Å². The Labute approximate surface area is 257 Å². The number of piperidine rings is 1. The molecule has 3 heterocycles. The van der Waals surface area contributed by atoms with Crippen molar-refractivity contribution < 1.29 is 26.3 Å². The Morgan fingerprint density at radius 2 is 1.89 bits per heavy atom. The smallest absolute Gasteiger partial charge is 0.417 e. The first-order valence-electron chi connectivity index (χ1n) is 14.5. The van der Waals surface area contributed by atoms with E-state index in [1.54, 1.807) is 24.8 Å². The molecule has 45 heavy (non-hydrogen) atoms. The Hall–Kier alpha value is -4.42. The fourth-order valence-corrected chi connectivity index (χ4v) is 6.82. The van der Waals surface area contributed by atoms with Crippen molar-refractivity contribution in [2.24, 2.45) is 0 Å². The van der Waals surface area contributed by atoms with Gasteiger partial charge in [0.2, 0.25) is 10.0 Å². The molecule has 1 aliphatic heterocycles. The highest BCUT2D eigenvalue weighted by atomic mass is 32.2. The molecule has 2 aromatic heterocycles. The number of ether oxygens (including phenoxy) is 1. The summed E-state index contributed by atoms with van der Waals surface area (Å²) in [5.74, 6) is 1.07. The molecule has 5 rings (SSSR count). The molecular formula is C30H32F3N7O4S. The van der Waals surface area contributed by atoms with Gasteiger partial charge in [0.25, 0.3) is 5.56 Å². The highest BCUT2D eigenvalue weighted by molar-refractivity contribution is 7.89. The molecule has 1 fully saturated rings. The maximum Gasteiger partial charge on any atom is 0.417 e. The third kappa shape index (κ3) is 6.52. The van der Waals surface area contributed by atoms with Crippen molar-refractivity contribution in [2.45, 2.75) is 63.6 Å². The molecule has 0 radical (unpaired) electrons. The molecule has 11 nitrogen and oxygen atoms in total. The minimum atomic E-state index is -4.67. The number of nitrogens with zero attached hydrogens (tertiary/aromatic N) is 5. The number of H-pyrrole nitrogens is 1. The van der Waals surface area contributed by atoms with Gasteiger partial charge >= 0.3 is 6.18 Å². The van der Waals surface area contributed by atoms with Crippen molar-refractivity contribution in [3.8, 4) is 23.2 Å². The second kappa shape index (κ2) is 12.5. The minimum absolute atomic E-state index is 0.0661. The standard InChI is InChI=1S/C30H32F3N7O4S/c1-4-6-26-35-18(3)27-29(41)36-28(37-40(26)27)23-16-22(9-10-25(23)44-5-2)45(42,43)38-20-11-13-39(14-12-20)21-8-7-19(17-34)24(15-21)30(31,32)33/h7-10,15-16,20,38H,4-6,11-14H2,1-3H3,(H,36,37,41). The second-order valence-corrected chi connectivity index (χ2v) is 12.5. The molecule has 0 spiro atoms. The van der Waals surface area contributed by atoms with Crippen LogP contribution in [-0.2, 0) is 22.6 Å². The lowest BCUT2D eigenvalue weighted by atomic mass is 10.0. The van der Waals surface area contributed by atoms with E-state index in [1.165, 1.54) is 28.8 Å². The normalized spacial score (nSPS) is 14.6. The average Bonchev–Trinajstić information content (AvgIpc) is 3.32. The number of alkyl halides is 3. The van der Waals surface area contributed by atoms with E-state index in [-0.39, 0.29) is 22.9 Å². The molecule has 0 aliphatic carbocycles. The van der Waals surface area contributed by atoms with Crippen molar-refractivity contribution in [2.75, 3.05) is 24.6 Å². The number of halogens is 3. The molecule has 0 bridgehead atoms. The number of rotatable bonds is 9. The number of sulfonamides is 1. The van der Waals surface area contributed by atoms with Gasteiger partial charge in [-0.25, -0.2) is 22.6 Å². The Morgan fingerprint density at radius 1 is 1.16 bits per heavy atom. The number of anilines is 1. The van der Waals surface area contributed by atoms with E-state index in [9.17, 15) is 26.4 Å². The van der Waals surface area contributed by atoms with Gasteiger partial charge in [0.15, 0.2) is 11.3 Å². The van der Waals surface area contributed by atoms with Gasteiger partial charge < -0.3 is 14.6 Å². The molecule has 1 saturated heterocycles. The number of hydrogen-bond donors (Lipinski definition) is 2. The fourth-order valence-electron chi connectivity index (χ4n) is 5.49. The summed E-state index contributed by atoms with van der Waals surface area (Å²) in [5, 5.41) is 13.7. The van der Waals surface area contributed by atoms with Crippen LogP contribution in [0, 0.1) is 18.3 Å². The van der Waals surface area contributed by atoms with Gasteiger partial charge in [-0.15, -0.1) is 5.10 Å². The van der Waals surface area contributed by atoms with Crippen molar-refractivity contribution in [1.82, 2.24) is 24.3 Å². The Kier molecular flexibility index (Phi) is 8.90. The Bertz CT molecular complexity index is 1940. The average molecular weight is 644 g/mol. The number of aromatic amines is 1. The van der Waals surface area contributed by atoms with Gasteiger partial charge in [0.1, 0.15) is 11.6 Å². The first-order valence-corrected chi connectivity index (χ1v) is 16.0. The third-order valence-electron chi connectivity index (χ3n) is 7.64. The summed E-state index contributed by atoms with van der Waals surface area (Å²) in [6.07, 6.45) is -2.61. The zero-order valence-electron chi connectivity index (χ0n) is 24.9. The number of hydrogen-bond acceptors (Lipinski definition) is 8. The molecule has 2 aromatic carbocycles. The Morgan fingerprint density at radius 3 is 2.53 bits per heavy atom. The van der Waals surface area contributed by atoms with Gasteiger partial charge in [-0.3, -0.25) is 4.79 Å². The molecule has 0 unspecified atom stereocenters. The summed E-state index contributed by atoms with van der Waals surface area (Å²) in [6, 6.07) is 8.98. The van der Waals surface area contributed by atoms with Crippen LogP contribution in [0.5, 0.6) is 5.75 Å². The van der Waals surface area contributed by atoms with Gasteiger partial charge in [-0.2, -0.15) is 18.4 Å². The maximum atomic E-state index is 13.5. The van der Waals surface area contributed by atoms with Crippen molar-refractivity contribution in [1.29, 1.82) is 5.26 Å². The quantitative estimate of drug-likeness (QED) is 0.270. The monoisotopic (exact) mass is 643 g/mol. The van der Waals surface area contributed by atoms with E-state index in [0.29, 0.717) is 60.8 Å². The van der Waals surface area contributed by atoms with E-state index < -0.39 is 38.9 Å². The lowest BCUT2D eigenvalue weighted by molar-refractivity contribution is -0.137. The summed E-state index contributed by atoms with van der Waals surface area (Å²) in [6.45, 7) is 6.39. The number of aromatic nitrogens is 4. The second-order valence-electron chi connectivity index (χ2n) is 10.7. The van der Waals surface area contributed by atoms with Crippen molar-refractivity contribution >= 4 is 21.2 Å². The predicted molar refractivity (Wildman–Crippen MR) is 161 cm³/mol. The summed E-state index contributed by atoms with van der Waals surface area (Å²) in [7, 11) is -4.05. The van der Waals surface area contributed by atoms with Crippen LogP contribution in [-0.4, -0.2) is 53.7 Å². The summed E-state index contributed by atoms with van der Waals surface area (Å²) >= 11 is 0. The number of fused-ring (bicyclic) bond motifs is 1. The van der Waals surface area contributed by atoms with Gasteiger partial charge in [-0.05, 0) is 69.5 Å². The topological polar surface area (TPSA) is 145 Å². The maximum absolute atomic E-state index is 13.5. The molecule has 0 amide bonds. The number of aryl methyl sites for hydroxylation is 2. The molecule has 15 heteroatoms. The molecule has 0 atom stereocenters. The summed E-state index contributed by atoms with van der Waals surface area (Å²) in [5.41, 5.74) is -0.433. The number of nitriles is 1. The SMILES string of the molecule is CCCc1nc(C)c2c(=O)[nH]c(-c3cc(S(=O)(=O)NC4CCN(c5ccc(C#N)c(C(F)(F)F)c5)CC4)ccc3OCC)nn12. The van der Waals surface area contributed by atoms with Crippen LogP contribution in [0.2, 0.25) is 0 Å². The van der Waals surface area contributed by atoms with Gasteiger partial charge in [0.05, 0.1) is 40.0 Å². The molecule has 2 N–H and O–H groups in total. The highest BCUT2D eigenvalue weighted by Gasteiger charge is 2.35. The molecule has 1 aliphatic rings. The van der Waals surface area contributed by atoms with E-state index in [1.807, 2.05) is 6.92 Å². The zero-order valence-corrected chi connectivity index (χ0v) is 25.7. The predicted octanol–water partition coefficient (Wildman–Crippen LogP) is 4.58. The van der Waals surface area contributed by atoms with Crippen LogP contribution in [0.1, 0.15) is 55.8 Å². The molecule has 4 aromatic rings. The van der Waals surface area contributed by atoms with Crippen LogP contribution >= 0.6 is 0 Å². The first kappa shape index (κ1) is 32.0. The summed E-state index contributed by atoms with van der Waals surface area (Å²) < 4.78 is 77.4. The Balaban J connectivity index is 1.39. The highest BCUT2D eigenvalue weighted by Crippen LogP contribution is 2.35. The number of nitrogens with one attached hydrogen (secondary N) is 2. The van der Waals surface area contributed by atoms with Crippen LogP contribution < -0.4 is 19.9 Å². The van der Waals surface area contributed by atoms with Gasteiger partial charge in [0, 0.05) is 31.2 Å². The van der Waals surface area contributed by atoms with Crippen molar-refractivity contribution in [3.05, 3.63) is 69.4 Å². The van der Waals surface area contributed by atoms with Crippen LogP contribution in [0.15, 0.2) is 46.1 Å². The van der Waals surface area contributed by atoms with E-state index in [2.05, 4.69) is 19.8 Å². The largest absolute Gasteiger partial charge is 0.493 e. The fraction of sp³-hybridized carbons (Fsp3) is 0.400. The molecular weight excluding hydrogens is 611 g/mol. The molecule has 0 saturated carbocycles. The molecule has 238 valence electrons. The van der Waals surface area contributed by atoms with Crippen LogP contribution in [0.25, 0.3) is 16.9 Å². The van der Waals surface area contributed by atoms with Crippen molar-refractivity contribution in [3.63, 3.8) is 0 Å². The lowest BCUT2D eigenvalue weighted by Gasteiger charge is -2.34. The first-order chi connectivity index (χ1) is 21.4. The zero-order chi connectivity index (χ0) is 32.5. The summed E-state index contributed by atoms with van der Waals surface area (Å²) in [4.78, 5) is 21.9. The van der Waals surface area contributed by atoms with Crippen LogP contribution in [0.3, 0.4) is 0 Å². The van der Waals surface area contributed by atoms with E-state index in [0.717, 1.165) is 18.6 Å². The van der Waals surface area contributed by atoms with E-state index in [4.69, 9.17) is 10.00 Å². The number of imidazole rings is 1. The lowest BCUT2D eigenvalue weighted by Crippen LogP contribution is -2.44. The van der Waals surface area contributed by atoms with E-state index >= 15 is 0 Å². The third-order valence-corrected chi connectivity index (χ3v) is 9.16. The van der Waals surface area contributed by atoms with Crippen LogP contribution in [0.4, 0.5) is 18.9 Å². The number of benzene rings is 2. The minimum Gasteiger partial charge on any atom is -0.493 e.